The second-order valence-corrected chi connectivity index (χ2v) is 5.84. The molecule has 116 valence electrons. The molecule has 1 heterocycles. The first-order valence-corrected chi connectivity index (χ1v) is 8.24. The number of hydrogen-bond donors (Lipinski definition) is 0. The molecule has 1 aliphatic rings. The molecule has 0 amide bonds. The average molecular weight is 289 g/mol. The summed E-state index contributed by atoms with van der Waals surface area (Å²) in [5, 5.41) is 0. The third-order valence-corrected chi connectivity index (χ3v) is 4.20. The third kappa shape index (κ3) is 3.99. The number of ether oxygens (including phenoxy) is 1. The van der Waals surface area contributed by atoms with E-state index >= 15 is 0 Å². The zero-order valence-electron chi connectivity index (χ0n) is 13.5. The van der Waals surface area contributed by atoms with E-state index in [1.165, 1.54) is 19.3 Å². The minimum absolute atomic E-state index is 0.196. The molecule has 1 atom stereocenters. The van der Waals surface area contributed by atoms with Gasteiger partial charge in [-0.15, -0.1) is 0 Å². The molecule has 0 aromatic heterocycles. The Bertz CT molecular complexity index is 478. The van der Waals surface area contributed by atoms with Gasteiger partial charge < -0.3 is 9.64 Å². The van der Waals surface area contributed by atoms with Crippen molar-refractivity contribution in [2.45, 2.75) is 59.0 Å². The summed E-state index contributed by atoms with van der Waals surface area (Å²) in [6.45, 7) is 8.24. The highest BCUT2D eigenvalue weighted by Gasteiger charge is 2.18. The lowest BCUT2D eigenvalue weighted by Crippen LogP contribution is -2.30. The predicted octanol–water partition coefficient (Wildman–Crippen LogP) is 4.45. The van der Waals surface area contributed by atoms with Gasteiger partial charge in [0.2, 0.25) is 0 Å². The van der Waals surface area contributed by atoms with Crippen LogP contribution >= 0.6 is 0 Å². The van der Waals surface area contributed by atoms with Crippen molar-refractivity contribution < 1.29 is 9.53 Å². The summed E-state index contributed by atoms with van der Waals surface area (Å²) in [5.74, 6) is 1.11. The zero-order chi connectivity index (χ0) is 15.2. The lowest BCUT2D eigenvalue weighted by Gasteiger charge is -2.31. The minimum Gasteiger partial charge on any atom is -0.489 e. The number of Topliss-reactive ketones (excluding diaryl/α,β-unsaturated/α-hetero) is 1. The maximum absolute atomic E-state index is 12.0. The fourth-order valence-corrected chi connectivity index (χ4v) is 2.68. The van der Waals surface area contributed by atoms with Gasteiger partial charge in [0, 0.05) is 25.1 Å². The van der Waals surface area contributed by atoms with E-state index in [1.807, 2.05) is 25.1 Å². The van der Waals surface area contributed by atoms with Crippen LogP contribution in [0.5, 0.6) is 5.75 Å². The second kappa shape index (κ2) is 7.48. The van der Waals surface area contributed by atoms with Gasteiger partial charge in [-0.1, -0.05) is 13.8 Å². The smallest absolute Gasteiger partial charge is 0.162 e. The second-order valence-electron chi connectivity index (χ2n) is 5.84. The van der Waals surface area contributed by atoms with Gasteiger partial charge in [0.15, 0.2) is 5.78 Å². The van der Waals surface area contributed by atoms with Gasteiger partial charge in [0.05, 0.1) is 11.8 Å². The van der Waals surface area contributed by atoms with Crippen molar-refractivity contribution in [3.8, 4) is 5.75 Å². The molecule has 0 N–H and O–H groups in total. The summed E-state index contributed by atoms with van der Waals surface area (Å²) >= 11 is 0. The average Bonchev–Trinajstić information content (AvgIpc) is 2.55. The number of carbonyl (C=O) groups excluding carboxylic acids is 1. The standard InChI is InChI=1S/C18H27NO2/c1-4-14(3)21-18-10-9-15(17(20)5-2)13-16(18)19-11-7-6-8-12-19/h9-10,13-14H,4-8,11-12H2,1-3H3. The largest absolute Gasteiger partial charge is 0.489 e. The molecule has 3 heteroatoms. The number of benzene rings is 1. The highest BCUT2D eigenvalue weighted by atomic mass is 16.5. The molecule has 0 spiro atoms. The molecule has 1 aromatic carbocycles. The van der Waals surface area contributed by atoms with Gasteiger partial charge in [-0.3, -0.25) is 4.79 Å². The Kier molecular flexibility index (Phi) is 5.66. The minimum atomic E-state index is 0.196. The Morgan fingerprint density at radius 3 is 2.57 bits per heavy atom. The molecule has 0 bridgehead atoms. The maximum Gasteiger partial charge on any atom is 0.162 e. The van der Waals surface area contributed by atoms with E-state index in [0.29, 0.717) is 6.42 Å². The molecule has 2 rings (SSSR count). The molecule has 0 aliphatic carbocycles. The molecule has 1 saturated heterocycles. The van der Waals surface area contributed by atoms with E-state index in [9.17, 15) is 4.79 Å². The summed E-state index contributed by atoms with van der Waals surface area (Å²) in [6.07, 6.45) is 5.45. The van der Waals surface area contributed by atoms with Crippen molar-refractivity contribution in [1.82, 2.24) is 0 Å². The van der Waals surface area contributed by atoms with E-state index in [4.69, 9.17) is 4.74 Å². The van der Waals surface area contributed by atoms with Crippen LogP contribution in [0.1, 0.15) is 63.2 Å². The lowest BCUT2D eigenvalue weighted by atomic mass is 10.0. The molecule has 1 fully saturated rings. The number of hydrogen-bond acceptors (Lipinski definition) is 3. The normalized spacial score (nSPS) is 16.6. The van der Waals surface area contributed by atoms with Crippen molar-refractivity contribution in [2.24, 2.45) is 0 Å². The summed E-state index contributed by atoms with van der Waals surface area (Å²) in [4.78, 5) is 14.3. The first-order valence-electron chi connectivity index (χ1n) is 8.24. The van der Waals surface area contributed by atoms with Crippen molar-refractivity contribution in [3.63, 3.8) is 0 Å². The number of ketones is 1. The zero-order valence-corrected chi connectivity index (χ0v) is 13.5. The van der Waals surface area contributed by atoms with Crippen LogP contribution in [0.2, 0.25) is 0 Å². The Balaban J connectivity index is 2.31. The highest BCUT2D eigenvalue weighted by Crippen LogP contribution is 2.33. The van der Waals surface area contributed by atoms with Crippen LogP contribution in [0.3, 0.4) is 0 Å². The molecular weight excluding hydrogens is 262 g/mol. The molecule has 21 heavy (non-hydrogen) atoms. The van der Waals surface area contributed by atoms with E-state index < -0.39 is 0 Å². The first-order chi connectivity index (χ1) is 10.2. The third-order valence-electron chi connectivity index (χ3n) is 4.20. The van der Waals surface area contributed by atoms with Crippen molar-refractivity contribution in [1.29, 1.82) is 0 Å². The quantitative estimate of drug-likeness (QED) is 0.725. The fourth-order valence-electron chi connectivity index (χ4n) is 2.68. The van der Waals surface area contributed by atoms with Crippen LogP contribution in [-0.4, -0.2) is 25.0 Å². The molecule has 3 nitrogen and oxygen atoms in total. The molecule has 0 radical (unpaired) electrons. The Labute approximate surface area is 128 Å². The predicted molar refractivity (Wildman–Crippen MR) is 87.5 cm³/mol. The number of anilines is 1. The van der Waals surface area contributed by atoms with Gasteiger partial charge in [-0.05, 0) is 50.8 Å². The van der Waals surface area contributed by atoms with Crippen molar-refractivity contribution >= 4 is 11.5 Å². The summed E-state index contributed by atoms with van der Waals surface area (Å²) in [6, 6.07) is 5.89. The Morgan fingerprint density at radius 1 is 1.24 bits per heavy atom. The van der Waals surface area contributed by atoms with Crippen molar-refractivity contribution in [3.05, 3.63) is 23.8 Å². The van der Waals surface area contributed by atoms with Crippen LogP contribution in [0.25, 0.3) is 0 Å². The Hall–Kier alpha value is -1.51. The number of carbonyl (C=O) groups is 1. The summed E-state index contributed by atoms with van der Waals surface area (Å²) < 4.78 is 6.06. The lowest BCUT2D eigenvalue weighted by molar-refractivity contribution is 0.0988. The van der Waals surface area contributed by atoms with E-state index in [1.54, 1.807) is 0 Å². The van der Waals surface area contributed by atoms with E-state index in [2.05, 4.69) is 18.7 Å². The fraction of sp³-hybridized carbons (Fsp3) is 0.611. The molecular formula is C18H27NO2. The van der Waals surface area contributed by atoms with Gasteiger partial charge in [0.25, 0.3) is 0 Å². The molecule has 0 saturated carbocycles. The van der Waals surface area contributed by atoms with Crippen LogP contribution in [-0.2, 0) is 0 Å². The van der Waals surface area contributed by atoms with E-state index in [0.717, 1.165) is 36.5 Å². The number of nitrogens with zero attached hydrogens (tertiary/aromatic N) is 1. The first kappa shape index (κ1) is 15.9. The molecule has 1 unspecified atom stereocenters. The van der Waals surface area contributed by atoms with Gasteiger partial charge in [-0.25, -0.2) is 0 Å². The maximum atomic E-state index is 12.0. The van der Waals surface area contributed by atoms with Crippen LogP contribution < -0.4 is 9.64 Å². The topological polar surface area (TPSA) is 29.5 Å². The summed E-state index contributed by atoms with van der Waals surface area (Å²) in [5.41, 5.74) is 1.89. The Morgan fingerprint density at radius 2 is 1.95 bits per heavy atom. The van der Waals surface area contributed by atoms with E-state index in [-0.39, 0.29) is 11.9 Å². The SMILES string of the molecule is CCC(=O)c1ccc(OC(C)CC)c(N2CCCCC2)c1. The number of rotatable bonds is 6. The molecule has 1 aliphatic heterocycles. The molecule has 1 aromatic rings. The van der Waals surface area contributed by atoms with Crippen molar-refractivity contribution in [2.75, 3.05) is 18.0 Å². The van der Waals surface area contributed by atoms with Crippen LogP contribution in [0, 0.1) is 0 Å². The van der Waals surface area contributed by atoms with Gasteiger partial charge in [0.1, 0.15) is 5.75 Å². The van der Waals surface area contributed by atoms with Crippen LogP contribution in [0.4, 0.5) is 5.69 Å². The monoisotopic (exact) mass is 289 g/mol. The summed E-state index contributed by atoms with van der Waals surface area (Å²) in [7, 11) is 0. The highest BCUT2D eigenvalue weighted by molar-refractivity contribution is 5.97. The van der Waals surface area contributed by atoms with Gasteiger partial charge in [-0.2, -0.15) is 0 Å². The van der Waals surface area contributed by atoms with Gasteiger partial charge >= 0.3 is 0 Å². The number of piperidine rings is 1. The van der Waals surface area contributed by atoms with Crippen LogP contribution in [0.15, 0.2) is 18.2 Å².